The molecule has 1 unspecified atom stereocenters. The minimum Gasteiger partial charge on any atom is -0.490 e. The predicted molar refractivity (Wildman–Crippen MR) is 104 cm³/mol. The van der Waals surface area contributed by atoms with Crippen LogP contribution in [0.2, 0.25) is 0 Å². The van der Waals surface area contributed by atoms with Crippen LogP contribution in [0.1, 0.15) is 49.8 Å². The molecule has 2 N–H and O–H groups in total. The molecule has 0 spiro atoms. The molecule has 2 aliphatic rings. The summed E-state index contributed by atoms with van der Waals surface area (Å²) in [5.74, 6) is 0.601. The number of nitrogens with two attached hydrogens (primary N) is 1. The first-order chi connectivity index (χ1) is 13.2. The molecule has 1 saturated carbocycles. The summed E-state index contributed by atoms with van der Waals surface area (Å²) in [7, 11) is 0. The lowest BCUT2D eigenvalue weighted by atomic mass is 9.90. The molecular formula is C22H27N3O2. The Balaban J connectivity index is 1.62. The second kappa shape index (κ2) is 7.69. The Labute approximate surface area is 160 Å². The van der Waals surface area contributed by atoms with E-state index < -0.39 is 5.54 Å². The molecule has 0 radical (unpaired) electrons. The van der Waals surface area contributed by atoms with Crippen LogP contribution in [0.4, 0.5) is 0 Å². The maximum Gasteiger partial charge on any atom is 0.244 e. The van der Waals surface area contributed by atoms with Gasteiger partial charge in [-0.25, -0.2) is 0 Å². The van der Waals surface area contributed by atoms with Crippen molar-refractivity contribution in [1.29, 1.82) is 0 Å². The van der Waals surface area contributed by atoms with Gasteiger partial charge in [-0.1, -0.05) is 24.3 Å². The molecule has 27 heavy (non-hydrogen) atoms. The topological polar surface area (TPSA) is 68.5 Å². The van der Waals surface area contributed by atoms with Gasteiger partial charge in [0.25, 0.3) is 0 Å². The van der Waals surface area contributed by atoms with E-state index in [-0.39, 0.29) is 5.91 Å². The van der Waals surface area contributed by atoms with Crippen LogP contribution in [0.15, 0.2) is 48.7 Å². The molecule has 1 aromatic heterocycles. The average Bonchev–Trinajstić information content (AvgIpc) is 3.34. The number of pyridine rings is 1. The largest absolute Gasteiger partial charge is 0.490 e. The summed E-state index contributed by atoms with van der Waals surface area (Å²) in [5, 5.41) is 0. The molecule has 142 valence electrons. The summed E-state index contributed by atoms with van der Waals surface area (Å²) >= 11 is 0. The quantitative estimate of drug-likeness (QED) is 0.852. The van der Waals surface area contributed by atoms with Crippen LogP contribution < -0.4 is 10.5 Å². The number of primary amides is 1. The summed E-state index contributed by atoms with van der Waals surface area (Å²) in [4.78, 5) is 19.3. The van der Waals surface area contributed by atoms with E-state index in [4.69, 9.17) is 10.5 Å². The van der Waals surface area contributed by atoms with Gasteiger partial charge in [0.1, 0.15) is 11.3 Å². The Hall–Kier alpha value is -2.40. The van der Waals surface area contributed by atoms with Gasteiger partial charge in [-0.2, -0.15) is 0 Å². The highest BCUT2D eigenvalue weighted by atomic mass is 16.5. The maximum absolute atomic E-state index is 12.6. The highest BCUT2D eigenvalue weighted by Gasteiger charge is 2.48. The van der Waals surface area contributed by atoms with Crippen LogP contribution in [0.25, 0.3) is 0 Å². The number of hydrogen-bond donors (Lipinski definition) is 1. The lowest BCUT2D eigenvalue weighted by Gasteiger charge is -2.35. The van der Waals surface area contributed by atoms with Gasteiger partial charge >= 0.3 is 0 Å². The third-order valence-electron chi connectivity index (χ3n) is 5.93. The van der Waals surface area contributed by atoms with E-state index in [1.54, 1.807) is 6.20 Å². The van der Waals surface area contributed by atoms with E-state index in [2.05, 4.69) is 16.0 Å². The summed E-state index contributed by atoms with van der Waals surface area (Å²) in [6.07, 6.45) is 8.38. The summed E-state index contributed by atoms with van der Waals surface area (Å²) < 4.78 is 6.29. The molecule has 1 aliphatic carbocycles. The Morgan fingerprint density at radius 1 is 1.15 bits per heavy atom. The molecule has 2 heterocycles. The number of benzene rings is 1. The molecule has 1 atom stereocenters. The molecule has 5 heteroatoms. The van der Waals surface area contributed by atoms with Gasteiger partial charge < -0.3 is 10.5 Å². The number of hydrogen-bond acceptors (Lipinski definition) is 4. The minimum absolute atomic E-state index is 0.307. The fourth-order valence-corrected chi connectivity index (χ4v) is 4.53. The molecule has 2 fully saturated rings. The molecule has 1 aliphatic heterocycles. The van der Waals surface area contributed by atoms with Gasteiger partial charge in [0.2, 0.25) is 5.91 Å². The molecule has 5 nitrogen and oxygen atoms in total. The molecule has 1 amide bonds. The average molecular weight is 365 g/mol. The number of carbonyl (C=O) groups excluding carboxylic acids is 1. The minimum atomic E-state index is -0.846. The first-order valence-electron chi connectivity index (χ1n) is 9.91. The second-order valence-corrected chi connectivity index (χ2v) is 7.60. The van der Waals surface area contributed by atoms with Gasteiger partial charge in [0, 0.05) is 18.3 Å². The van der Waals surface area contributed by atoms with Crippen molar-refractivity contribution in [2.45, 2.75) is 56.7 Å². The van der Waals surface area contributed by atoms with Crippen molar-refractivity contribution in [3.63, 3.8) is 0 Å². The van der Waals surface area contributed by atoms with Crippen molar-refractivity contribution in [3.8, 4) is 5.75 Å². The molecule has 1 aromatic carbocycles. The van der Waals surface area contributed by atoms with Crippen LogP contribution in [-0.2, 0) is 16.9 Å². The van der Waals surface area contributed by atoms with Crippen molar-refractivity contribution in [2.24, 2.45) is 5.73 Å². The molecule has 0 bridgehead atoms. The van der Waals surface area contributed by atoms with Gasteiger partial charge in [-0.15, -0.1) is 0 Å². The van der Waals surface area contributed by atoms with Crippen molar-refractivity contribution in [2.75, 3.05) is 6.54 Å². The number of rotatable bonds is 6. The van der Waals surface area contributed by atoms with Gasteiger partial charge in [-0.3, -0.25) is 14.7 Å². The zero-order chi connectivity index (χ0) is 18.7. The summed E-state index contributed by atoms with van der Waals surface area (Å²) in [5.41, 5.74) is 6.93. The van der Waals surface area contributed by atoms with Crippen molar-refractivity contribution < 1.29 is 9.53 Å². The second-order valence-electron chi connectivity index (χ2n) is 7.60. The first-order valence-corrected chi connectivity index (χ1v) is 9.91. The van der Waals surface area contributed by atoms with E-state index in [0.717, 1.165) is 42.8 Å². The number of ether oxygens (including phenoxy) is 1. The van der Waals surface area contributed by atoms with E-state index in [0.29, 0.717) is 19.1 Å². The normalized spacial score (nSPS) is 23.6. The fourth-order valence-electron chi connectivity index (χ4n) is 4.53. The van der Waals surface area contributed by atoms with Crippen LogP contribution in [-0.4, -0.2) is 28.4 Å². The van der Waals surface area contributed by atoms with Crippen molar-refractivity contribution in [3.05, 3.63) is 59.9 Å². The van der Waals surface area contributed by atoms with Crippen molar-refractivity contribution in [1.82, 2.24) is 9.88 Å². The maximum atomic E-state index is 12.6. The lowest BCUT2D eigenvalue weighted by molar-refractivity contribution is -0.129. The molecular weight excluding hydrogens is 338 g/mol. The predicted octanol–water partition coefficient (Wildman–Crippen LogP) is 3.38. The SMILES string of the molecule is NC(=O)C1(c2ccccn2)CCCN1Cc1ccccc1OC1CCCC1. The number of aromatic nitrogens is 1. The zero-order valence-corrected chi connectivity index (χ0v) is 15.6. The number of likely N-dealkylation sites (tertiary alicyclic amines) is 1. The van der Waals surface area contributed by atoms with Crippen LogP contribution in [0, 0.1) is 0 Å². The van der Waals surface area contributed by atoms with Crippen molar-refractivity contribution >= 4 is 5.91 Å². The monoisotopic (exact) mass is 365 g/mol. The van der Waals surface area contributed by atoms with E-state index in [1.165, 1.54) is 12.8 Å². The van der Waals surface area contributed by atoms with Gasteiger partial charge in [0.05, 0.1) is 11.8 Å². The van der Waals surface area contributed by atoms with Crippen LogP contribution in [0.3, 0.4) is 0 Å². The number of nitrogens with zero attached hydrogens (tertiary/aromatic N) is 2. The van der Waals surface area contributed by atoms with E-state index in [9.17, 15) is 4.79 Å². The number of amides is 1. The third kappa shape index (κ3) is 3.44. The number of carbonyl (C=O) groups is 1. The number of para-hydroxylation sites is 1. The molecule has 1 saturated heterocycles. The van der Waals surface area contributed by atoms with Gasteiger partial charge in [-0.05, 0) is 63.3 Å². The lowest BCUT2D eigenvalue weighted by Crippen LogP contribution is -2.51. The summed E-state index contributed by atoms with van der Waals surface area (Å²) in [6.45, 7) is 1.44. The van der Waals surface area contributed by atoms with E-state index in [1.807, 2.05) is 36.4 Å². The first kappa shape index (κ1) is 18.0. The standard InChI is InChI=1S/C22H27N3O2/c23-21(26)22(20-12-5-6-14-24-20)13-7-15-25(22)16-17-8-1-4-11-19(17)27-18-9-2-3-10-18/h1,4-6,8,11-12,14,18H,2-3,7,9-10,13,15-16H2,(H2,23,26). The Morgan fingerprint density at radius 2 is 1.93 bits per heavy atom. The van der Waals surface area contributed by atoms with Crippen LogP contribution >= 0.6 is 0 Å². The molecule has 2 aromatic rings. The summed E-state index contributed by atoms with van der Waals surface area (Å²) in [6, 6.07) is 13.9. The Kier molecular flexibility index (Phi) is 5.12. The molecule has 4 rings (SSSR count). The fraction of sp³-hybridized carbons (Fsp3) is 0.455. The van der Waals surface area contributed by atoms with Gasteiger partial charge in [0.15, 0.2) is 0 Å². The highest BCUT2D eigenvalue weighted by Crippen LogP contribution is 2.40. The zero-order valence-electron chi connectivity index (χ0n) is 15.6. The Bertz CT molecular complexity index is 789. The van der Waals surface area contributed by atoms with E-state index >= 15 is 0 Å². The smallest absolute Gasteiger partial charge is 0.244 e. The third-order valence-corrected chi connectivity index (χ3v) is 5.93. The van der Waals surface area contributed by atoms with Crippen LogP contribution in [0.5, 0.6) is 5.75 Å². The Morgan fingerprint density at radius 3 is 2.67 bits per heavy atom. The highest BCUT2D eigenvalue weighted by molar-refractivity contribution is 5.86.